The molecule has 0 radical (unpaired) electrons. The predicted molar refractivity (Wildman–Crippen MR) is 121 cm³/mol. The van der Waals surface area contributed by atoms with Gasteiger partial charge in [0.15, 0.2) is 4.34 Å². The highest BCUT2D eigenvalue weighted by Gasteiger charge is 2.25. The van der Waals surface area contributed by atoms with E-state index in [9.17, 15) is 9.59 Å². The van der Waals surface area contributed by atoms with Gasteiger partial charge in [-0.25, -0.2) is 4.79 Å². The van der Waals surface area contributed by atoms with Crippen LogP contribution in [-0.4, -0.2) is 33.4 Å². The topological polar surface area (TPSA) is 105 Å². The van der Waals surface area contributed by atoms with Crippen LogP contribution in [0.15, 0.2) is 58.9 Å². The number of rotatable bonds is 8. The van der Waals surface area contributed by atoms with E-state index in [1.165, 1.54) is 23.1 Å². The molecule has 1 unspecified atom stereocenters. The molecule has 3 amide bonds. The number of carbonyl (C=O) groups excluding carboxylic acids is 2. The van der Waals surface area contributed by atoms with Crippen molar-refractivity contribution in [3.8, 4) is 11.5 Å². The molecular formula is C21H21N5O3S2. The highest BCUT2D eigenvalue weighted by Crippen LogP contribution is 2.31. The zero-order valence-corrected chi connectivity index (χ0v) is 18.3. The van der Waals surface area contributed by atoms with Crippen LogP contribution < -0.4 is 20.7 Å². The molecule has 0 aliphatic heterocycles. The first-order valence-electron chi connectivity index (χ1n) is 9.77. The first-order valence-corrected chi connectivity index (χ1v) is 11.5. The average Bonchev–Trinajstić information content (AvgIpc) is 3.47. The summed E-state index contributed by atoms with van der Waals surface area (Å²) >= 11 is 2.59. The predicted octanol–water partition coefficient (Wildman–Crippen LogP) is 4.54. The van der Waals surface area contributed by atoms with E-state index in [1.54, 1.807) is 6.92 Å². The number of anilines is 2. The monoisotopic (exact) mass is 455 g/mol. The molecule has 1 aromatic heterocycles. The smallest absolute Gasteiger partial charge is 0.321 e. The van der Waals surface area contributed by atoms with E-state index in [1.807, 2.05) is 54.6 Å². The highest BCUT2D eigenvalue weighted by molar-refractivity contribution is 8.02. The van der Waals surface area contributed by atoms with E-state index < -0.39 is 11.3 Å². The second-order valence-electron chi connectivity index (χ2n) is 6.93. The summed E-state index contributed by atoms with van der Waals surface area (Å²) in [6.07, 6.45) is 1.94. The van der Waals surface area contributed by atoms with Crippen molar-refractivity contribution in [1.29, 1.82) is 0 Å². The van der Waals surface area contributed by atoms with Crippen LogP contribution in [0.1, 0.15) is 19.8 Å². The average molecular weight is 456 g/mol. The number of hydrogen-bond donors (Lipinski definition) is 3. The van der Waals surface area contributed by atoms with Crippen LogP contribution in [-0.2, 0) is 4.79 Å². The second kappa shape index (κ2) is 9.80. The lowest BCUT2D eigenvalue weighted by atomic mass is 10.3. The molecule has 1 heterocycles. The maximum Gasteiger partial charge on any atom is 0.321 e. The molecule has 10 heteroatoms. The molecule has 1 fully saturated rings. The van der Waals surface area contributed by atoms with Crippen molar-refractivity contribution < 1.29 is 14.3 Å². The number of imide groups is 1. The van der Waals surface area contributed by atoms with E-state index in [2.05, 4.69) is 26.1 Å². The van der Waals surface area contributed by atoms with Gasteiger partial charge >= 0.3 is 6.03 Å². The zero-order chi connectivity index (χ0) is 21.6. The van der Waals surface area contributed by atoms with Gasteiger partial charge in [0.05, 0.1) is 5.25 Å². The van der Waals surface area contributed by atoms with E-state index in [0.29, 0.717) is 9.47 Å². The number of nitrogens with zero attached hydrogens (tertiary/aromatic N) is 2. The Labute approximate surface area is 187 Å². The number of thioether (sulfide) groups is 1. The molecule has 0 bridgehead atoms. The first-order chi connectivity index (χ1) is 15.0. The third-order valence-electron chi connectivity index (χ3n) is 4.29. The van der Waals surface area contributed by atoms with Crippen LogP contribution in [0, 0.1) is 0 Å². The van der Waals surface area contributed by atoms with Crippen molar-refractivity contribution in [3.05, 3.63) is 54.6 Å². The zero-order valence-electron chi connectivity index (χ0n) is 16.7. The SMILES string of the molecule is CC(Sc1nnc(Nc2ccc(Oc3ccccc3)cc2)s1)C(=O)NC(=O)NC1CC1. The standard InChI is InChI=1S/C21H21N5O3S2/c1-13(18(27)24-19(28)22-14-7-8-14)30-21-26-25-20(31-21)23-15-9-11-17(12-10-15)29-16-5-3-2-4-6-16/h2-6,9-14H,7-8H2,1H3,(H,23,25)(H2,22,24,27,28). The summed E-state index contributed by atoms with van der Waals surface area (Å²) in [6, 6.07) is 16.8. The number of hydrogen-bond acceptors (Lipinski definition) is 8. The van der Waals surface area contributed by atoms with Gasteiger partial charge in [-0.3, -0.25) is 10.1 Å². The molecule has 4 rings (SSSR count). The number of para-hydroxylation sites is 1. The summed E-state index contributed by atoms with van der Waals surface area (Å²) in [5.74, 6) is 1.15. The number of carbonyl (C=O) groups is 2. The van der Waals surface area contributed by atoms with Gasteiger partial charge in [0, 0.05) is 11.7 Å². The summed E-state index contributed by atoms with van der Waals surface area (Å²) in [5.41, 5.74) is 0.843. The quantitative estimate of drug-likeness (QED) is 0.428. The van der Waals surface area contributed by atoms with Crippen molar-refractivity contribution >= 4 is 45.9 Å². The fraction of sp³-hybridized carbons (Fsp3) is 0.238. The van der Waals surface area contributed by atoms with Gasteiger partial charge in [0.2, 0.25) is 11.0 Å². The van der Waals surface area contributed by atoms with Gasteiger partial charge in [-0.15, -0.1) is 10.2 Å². The van der Waals surface area contributed by atoms with Crippen molar-refractivity contribution in [1.82, 2.24) is 20.8 Å². The fourth-order valence-electron chi connectivity index (χ4n) is 2.53. The first kappa shape index (κ1) is 21.1. The lowest BCUT2D eigenvalue weighted by molar-refractivity contribution is -0.119. The number of amides is 3. The summed E-state index contributed by atoms with van der Waals surface area (Å²) < 4.78 is 6.42. The largest absolute Gasteiger partial charge is 0.457 e. The van der Waals surface area contributed by atoms with Crippen LogP contribution >= 0.6 is 23.1 Å². The summed E-state index contributed by atoms with van der Waals surface area (Å²) in [5, 5.41) is 16.6. The molecule has 160 valence electrons. The molecule has 2 aromatic carbocycles. The second-order valence-corrected chi connectivity index (χ2v) is 9.50. The Morgan fingerprint density at radius 2 is 1.77 bits per heavy atom. The summed E-state index contributed by atoms with van der Waals surface area (Å²) in [7, 11) is 0. The lowest BCUT2D eigenvalue weighted by Gasteiger charge is -2.09. The highest BCUT2D eigenvalue weighted by atomic mass is 32.2. The van der Waals surface area contributed by atoms with Gasteiger partial charge < -0.3 is 15.4 Å². The van der Waals surface area contributed by atoms with Crippen molar-refractivity contribution in [3.63, 3.8) is 0 Å². The van der Waals surface area contributed by atoms with E-state index in [0.717, 1.165) is 30.0 Å². The number of aromatic nitrogens is 2. The van der Waals surface area contributed by atoms with Gasteiger partial charge in [0.1, 0.15) is 11.5 Å². The van der Waals surface area contributed by atoms with Gasteiger partial charge in [-0.05, 0) is 56.2 Å². The summed E-state index contributed by atoms with van der Waals surface area (Å²) in [4.78, 5) is 23.9. The normalized spacial score (nSPS) is 13.8. The molecule has 1 aliphatic carbocycles. The third kappa shape index (κ3) is 6.43. The Balaban J connectivity index is 1.27. The van der Waals surface area contributed by atoms with Crippen molar-refractivity contribution in [2.45, 2.75) is 35.4 Å². The molecule has 1 atom stereocenters. The van der Waals surface area contributed by atoms with Crippen LogP contribution in [0.5, 0.6) is 11.5 Å². The van der Waals surface area contributed by atoms with Gasteiger partial charge in [0.25, 0.3) is 0 Å². The van der Waals surface area contributed by atoms with Crippen LogP contribution in [0.4, 0.5) is 15.6 Å². The van der Waals surface area contributed by atoms with E-state index >= 15 is 0 Å². The van der Waals surface area contributed by atoms with Crippen LogP contribution in [0.2, 0.25) is 0 Å². The minimum absolute atomic E-state index is 0.200. The van der Waals surface area contributed by atoms with Gasteiger partial charge in [-0.1, -0.05) is 41.3 Å². The maximum atomic E-state index is 12.2. The molecular weight excluding hydrogens is 434 g/mol. The van der Waals surface area contributed by atoms with Crippen LogP contribution in [0.3, 0.4) is 0 Å². The maximum absolute atomic E-state index is 12.2. The number of urea groups is 1. The summed E-state index contributed by atoms with van der Waals surface area (Å²) in [6.45, 7) is 1.73. The molecule has 3 aromatic rings. The molecule has 1 saturated carbocycles. The number of benzene rings is 2. The number of ether oxygens (including phenoxy) is 1. The molecule has 31 heavy (non-hydrogen) atoms. The minimum atomic E-state index is -0.472. The van der Waals surface area contributed by atoms with Crippen molar-refractivity contribution in [2.75, 3.05) is 5.32 Å². The Morgan fingerprint density at radius 1 is 1.06 bits per heavy atom. The lowest BCUT2D eigenvalue weighted by Crippen LogP contribution is -2.43. The van der Waals surface area contributed by atoms with E-state index in [4.69, 9.17) is 4.74 Å². The molecule has 0 spiro atoms. The van der Waals surface area contributed by atoms with Crippen LogP contribution in [0.25, 0.3) is 0 Å². The Morgan fingerprint density at radius 3 is 2.48 bits per heavy atom. The molecule has 0 saturated heterocycles. The van der Waals surface area contributed by atoms with Gasteiger partial charge in [-0.2, -0.15) is 0 Å². The molecule has 3 N–H and O–H groups in total. The third-order valence-corrected chi connectivity index (χ3v) is 6.31. The fourth-order valence-corrected chi connectivity index (χ4v) is 4.45. The molecule has 8 nitrogen and oxygen atoms in total. The van der Waals surface area contributed by atoms with E-state index in [-0.39, 0.29) is 11.9 Å². The number of nitrogens with one attached hydrogen (secondary N) is 3. The Kier molecular flexibility index (Phi) is 6.68. The minimum Gasteiger partial charge on any atom is -0.457 e. The van der Waals surface area contributed by atoms with Crippen molar-refractivity contribution in [2.24, 2.45) is 0 Å². The molecule has 1 aliphatic rings. The Hall–Kier alpha value is -3.11. The Bertz CT molecular complexity index is 1040.